The van der Waals surface area contributed by atoms with E-state index >= 15 is 0 Å². The average Bonchev–Trinajstić information content (AvgIpc) is 2.45. The van der Waals surface area contributed by atoms with E-state index in [2.05, 4.69) is 12.1 Å². The van der Waals surface area contributed by atoms with E-state index < -0.39 is 0 Å². The van der Waals surface area contributed by atoms with E-state index in [1.165, 1.54) is 44.1 Å². The smallest absolute Gasteiger partial charge is 0.150 e. The molecular formula is C19H24O2. The van der Waals surface area contributed by atoms with Crippen molar-refractivity contribution in [1.82, 2.24) is 0 Å². The van der Waals surface area contributed by atoms with Gasteiger partial charge in [0.25, 0.3) is 0 Å². The Kier molecular flexibility index (Phi) is 2.92. The van der Waals surface area contributed by atoms with Gasteiger partial charge < -0.3 is 4.74 Å². The standard InChI is InChI=1S/C19H24O2/c1-12-3-18(21-2)17(7-16(12)11-20)19-8-13-4-14(9-19)6-15(5-13)10-19/h3,7,11,13-15H,4-6,8-10H2,1-2H3. The van der Waals surface area contributed by atoms with Gasteiger partial charge in [-0.3, -0.25) is 4.79 Å². The van der Waals surface area contributed by atoms with Crippen LogP contribution in [0.4, 0.5) is 0 Å². The first-order valence-corrected chi connectivity index (χ1v) is 8.28. The van der Waals surface area contributed by atoms with E-state index in [1.54, 1.807) is 7.11 Å². The Hall–Kier alpha value is -1.31. The van der Waals surface area contributed by atoms with Gasteiger partial charge >= 0.3 is 0 Å². The zero-order valence-electron chi connectivity index (χ0n) is 13.0. The molecule has 0 aromatic heterocycles. The van der Waals surface area contributed by atoms with Crippen LogP contribution in [0.25, 0.3) is 0 Å². The maximum atomic E-state index is 11.4. The quantitative estimate of drug-likeness (QED) is 0.774. The number of carbonyl (C=O) groups excluding carboxylic acids is 1. The first-order chi connectivity index (χ1) is 10.1. The number of aldehydes is 1. The van der Waals surface area contributed by atoms with Crippen molar-refractivity contribution >= 4 is 6.29 Å². The van der Waals surface area contributed by atoms with Crippen LogP contribution in [0.1, 0.15) is 60.0 Å². The van der Waals surface area contributed by atoms with Crippen molar-refractivity contribution in [3.63, 3.8) is 0 Å². The molecule has 0 saturated heterocycles. The van der Waals surface area contributed by atoms with Gasteiger partial charge in [-0.15, -0.1) is 0 Å². The molecule has 112 valence electrons. The highest BCUT2D eigenvalue weighted by atomic mass is 16.5. The monoisotopic (exact) mass is 284 g/mol. The lowest BCUT2D eigenvalue weighted by Gasteiger charge is -2.57. The van der Waals surface area contributed by atoms with Crippen molar-refractivity contribution in [3.8, 4) is 5.75 Å². The van der Waals surface area contributed by atoms with Gasteiger partial charge in [0, 0.05) is 11.1 Å². The Morgan fingerprint density at radius 2 is 1.67 bits per heavy atom. The van der Waals surface area contributed by atoms with Crippen LogP contribution in [0.2, 0.25) is 0 Å². The summed E-state index contributed by atoms with van der Waals surface area (Å²) in [7, 11) is 1.76. The molecule has 0 unspecified atom stereocenters. The van der Waals surface area contributed by atoms with Gasteiger partial charge in [-0.05, 0) is 86.3 Å². The first kappa shape index (κ1) is 13.4. The lowest BCUT2D eigenvalue weighted by atomic mass is 9.48. The van der Waals surface area contributed by atoms with Crippen molar-refractivity contribution in [2.75, 3.05) is 7.11 Å². The summed E-state index contributed by atoms with van der Waals surface area (Å²) in [5.74, 6) is 3.71. The second kappa shape index (κ2) is 4.59. The molecule has 0 heterocycles. The number of carbonyl (C=O) groups is 1. The minimum atomic E-state index is 0.283. The predicted octanol–water partition coefficient (Wildman–Crippen LogP) is 4.28. The number of hydrogen-bond donors (Lipinski definition) is 0. The van der Waals surface area contributed by atoms with Crippen molar-refractivity contribution in [2.24, 2.45) is 17.8 Å². The second-order valence-corrected chi connectivity index (χ2v) is 7.72. The fourth-order valence-corrected chi connectivity index (χ4v) is 5.85. The Balaban J connectivity index is 1.84. The normalized spacial score (nSPS) is 36.8. The van der Waals surface area contributed by atoms with Gasteiger partial charge in [-0.1, -0.05) is 0 Å². The lowest BCUT2D eigenvalue weighted by Crippen LogP contribution is -2.48. The summed E-state index contributed by atoms with van der Waals surface area (Å²) in [6.07, 6.45) is 9.22. The molecule has 1 aromatic rings. The molecule has 4 aliphatic carbocycles. The molecule has 21 heavy (non-hydrogen) atoms. The van der Waals surface area contributed by atoms with Crippen LogP contribution in [-0.4, -0.2) is 13.4 Å². The minimum Gasteiger partial charge on any atom is -0.496 e. The van der Waals surface area contributed by atoms with Gasteiger partial charge in [0.05, 0.1) is 7.11 Å². The molecular weight excluding hydrogens is 260 g/mol. The highest BCUT2D eigenvalue weighted by Gasteiger charge is 2.52. The Bertz CT molecular complexity index is 552. The molecule has 4 fully saturated rings. The number of methoxy groups -OCH3 is 1. The van der Waals surface area contributed by atoms with Crippen LogP contribution < -0.4 is 4.74 Å². The van der Waals surface area contributed by atoms with Crippen LogP contribution in [0, 0.1) is 24.7 Å². The molecule has 0 atom stereocenters. The predicted molar refractivity (Wildman–Crippen MR) is 83.0 cm³/mol. The fraction of sp³-hybridized carbons (Fsp3) is 0.632. The van der Waals surface area contributed by atoms with Gasteiger partial charge in [-0.2, -0.15) is 0 Å². The van der Waals surface area contributed by atoms with Crippen molar-refractivity contribution in [2.45, 2.75) is 50.9 Å². The number of benzene rings is 1. The number of ether oxygens (including phenoxy) is 1. The van der Waals surface area contributed by atoms with Crippen molar-refractivity contribution < 1.29 is 9.53 Å². The van der Waals surface area contributed by atoms with Crippen LogP contribution in [0.15, 0.2) is 12.1 Å². The van der Waals surface area contributed by atoms with Crippen molar-refractivity contribution in [1.29, 1.82) is 0 Å². The van der Waals surface area contributed by atoms with Gasteiger partial charge in [-0.25, -0.2) is 0 Å². The third-order valence-electron chi connectivity index (χ3n) is 6.32. The summed E-state index contributed by atoms with van der Waals surface area (Å²) in [6, 6.07) is 4.20. The molecule has 0 N–H and O–H groups in total. The van der Waals surface area contributed by atoms with E-state index in [0.29, 0.717) is 0 Å². The molecule has 4 bridgehead atoms. The molecule has 2 heteroatoms. The van der Waals surface area contributed by atoms with E-state index in [-0.39, 0.29) is 5.41 Å². The Morgan fingerprint density at radius 1 is 1.10 bits per heavy atom. The highest BCUT2D eigenvalue weighted by Crippen LogP contribution is 2.62. The largest absolute Gasteiger partial charge is 0.496 e. The summed E-state index contributed by atoms with van der Waals surface area (Å²) in [5, 5.41) is 0. The molecule has 0 aliphatic heterocycles. The van der Waals surface area contributed by atoms with E-state index in [4.69, 9.17) is 4.74 Å². The maximum Gasteiger partial charge on any atom is 0.150 e. The lowest BCUT2D eigenvalue weighted by molar-refractivity contribution is -0.00617. The summed E-state index contributed by atoms with van der Waals surface area (Å²) in [5.41, 5.74) is 3.46. The van der Waals surface area contributed by atoms with Crippen LogP contribution in [0.3, 0.4) is 0 Å². The highest BCUT2D eigenvalue weighted by molar-refractivity contribution is 5.78. The third kappa shape index (κ3) is 1.95. The number of hydrogen-bond acceptors (Lipinski definition) is 2. The molecule has 4 saturated carbocycles. The summed E-state index contributed by atoms with van der Waals surface area (Å²) in [4.78, 5) is 11.4. The molecule has 4 aliphatic rings. The summed E-state index contributed by atoms with van der Waals surface area (Å²) in [6.45, 7) is 2.00. The molecule has 0 radical (unpaired) electrons. The summed E-state index contributed by atoms with van der Waals surface area (Å²) < 4.78 is 5.70. The topological polar surface area (TPSA) is 26.3 Å². The van der Waals surface area contributed by atoms with Crippen LogP contribution in [-0.2, 0) is 5.41 Å². The first-order valence-electron chi connectivity index (χ1n) is 8.28. The molecule has 0 spiro atoms. The van der Waals surface area contributed by atoms with E-state index in [9.17, 15) is 4.79 Å². The molecule has 5 rings (SSSR count). The average molecular weight is 284 g/mol. The second-order valence-electron chi connectivity index (χ2n) is 7.72. The maximum absolute atomic E-state index is 11.4. The Labute approximate surface area is 126 Å². The number of aryl methyl sites for hydroxylation is 1. The van der Waals surface area contributed by atoms with E-state index in [0.717, 1.165) is 40.9 Å². The van der Waals surface area contributed by atoms with Gasteiger partial charge in [0.15, 0.2) is 0 Å². The zero-order valence-corrected chi connectivity index (χ0v) is 13.0. The van der Waals surface area contributed by atoms with Crippen LogP contribution in [0.5, 0.6) is 5.75 Å². The zero-order chi connectivity index (χ0) is 14.6. The number of rotatable bonds is 3. The molecule has 2 nitrogen and oxygen atoms in total. The van der Waals surface area contributed by atoms with Crippen molar-refractivity contribution in [3.05, 3.63) is 28.8 Å². The SMILES string of the molecule is COc1cc(C)c(C=O)cc1C12CC3CC(CC(C3)C1)C2. The Morgan fingerprint density at radius 3 is 2.14 bits per heavy atom. The van der Waals surface area contributed by atoms with Gasteiger partial charge in [0.2, 0.25) is 0 Å². The minimum absolute atomic E-state index is 0.283. The van der Waals surface area contributed by atoms with Crippen LogP contribution >= 0.6 is 0 Å². The molecule has 1 aromatic carbocycles. The summed E-state index contributed by atoms with van der Waals surface area (Å²) >= 11 is 0. The van der Waals surface area contributed by atoms with Gasteiger partial charge in [0.1, 0.15) is 12.0 Å². The molecule has 0 amide bonds. The fourth-order valence-electron chi connectivity index (χ4n) is 5.85. The third-order valence-corrected chi connectivity index (χ3v) is 6.32. The van der Waals surface area contributed by atoms with E-state index in [1.807, 2.05) is 6.92 Å².